The quantitative estimate of drug-likeness (QED) is 0.0409. The SMILES string of the molecule is CCCCCCc1cc(O)cc(CCCCCC)c1-c1ccc2c3ccc(-c4c(CCCCCC)cc(O)cc4CCCCCC)c4cccc(c5cccc1c52)c43. The number of benzene rings is 7. The van der Waals surface area contributed by atoms with Crippen LogP contribution in [0.1, 0.15) is 153 Å². The van der Waals surface area contributed by atoms with Gasteiger partial charge in [0.25, 0.3) is 0 Å². The Hall–Kier alpha value is -4.56. The first kappa shape index (κ1) is 41.6. The minimum absolute atomic E-state index is 0.403. The molecule has 0 radical (unpaired) electrons. The maximum absolute atomic E-state index is 11.1. The predicted octanol–water partition coefficient (Wildman–Crippen LogP) is 17.0. The maximum Gasteiger partial charge on any atom is 0.116 e. The van der Waals surface area contributed by atoms with Gasteiger partial charge in [-0.3, -0.25) is 0 Å². The van der Waals surface area contributed by atoms with Gasteiger partial charge in [0.15, 0.2) is 0 Å². The average molecular weight is 773 g/mol. The third-order valence-electron chi connectivity index (χ3n) is 13.0. The third kappa shape index (κ3) is 8.87. The molecule has 0 bridgehead atoms. The molecule has 0 unspecified atom stereocenters. The molecular weight excluding hydrogens is 705 g/mol. The van der Waals surface area contributed by atoms with Gasteiger partial charge in [0.05, 0.1) is 0 Å². The number of aryl methyl sites for hydroxylation is 4. The van der Waals surface area contributed by atoms with Crippen LogP contribution >= 0.6 is 0 Å². The summed E-state index contributed by atoms with van der Waals surface area (Å²) >= 11 is 0. The van der Waals surface area contributed by atoms with Crippen molar-refractivity contribution in [3.63, 3.8) is 0 Å². The van der Waals surface area contributed by atoms with E-state index >= 15 is 0 Å². The molecule has 2 heteroatoms. The highest BCUT2D eigenvalue weighted by molar-refractivity contribution is 6.35. The van der Waals surface area contributed by atoms with E-state index in [1.54, 1.807) is 0 Å². The molecule has 0 saturated carbocycles. The van der Waals surface area contributed by atoms with Crippen molar-refractivity contribution in [1.82, 2.24) is 0 Å². The molecule has 0 aliphatic carbocycles. The van der Waals surface area contributed by atoms with Crippen molar-refractivity contribution in [1.29, 1.82) is 0 Å². The molecule has 0 aliphatic rings. The predicted molar refractivity (Wildman–Crippen MR) is 253 cm³/mol. The summed E-state index contributed by atoms with van der Waals surface area (Å²) in [6.07, 6.45) is 23.2. The fourth-order valence-electron chi connectivity index (χ4n) is 10.1. The van der Waals surface area contributed by atoms with Gasteiger partial charge in [-0.2, -0.15) is 0 Å². The zero-order valence-electron chi connectivity index (χ0n) is 36.1. The second-order valence-corrected chi connectivity index (χ2v) is 17.3. The number of hydrogen-bond acceptors (Lipinski definition) is 2. The fourth-order valence-corrected chi connectivity index (χ4v) is 10.1. The highest BCUT2D eigenvalue weighted by Gasteiger charge is 2.22. The molecule has 0 saturated heterocycles. The summed E-state index contributed by atoms with van der Waals surface area (Å²) in [5.74, 6) is 0.807. The van der Waals surface area contributed by atoms with Gasteiger partial charge in [-0.25, -0.2) is 0 Å². The Morgan fingerprint density at radius 1 is 0.328 bits per heavy atom. The van der Waals surface area contributed by atoms with E-state index in [2.05, 4.69) is 113 Å². The summed E-state index contributed by atoms with van der Waals surface area (Å²) in [7, 11) is 0. The highest BCUT2D eigenvalue weighted by Crippen LogP contribution is 2.48. The second-order valence-electron chi connectivity index (χ2n) is 17.3. The van der Waals surface area contributed by atoms with Gasteiger partial charge in [-0.15, -0.1) is 0 Å². The number of hydrogen-bond donors (Lipinski definition) is 2. The van der Waals surface area contributed by atoms with Crippen LogP contribution in [0, 0.1) is 0 Å². The zero-order valence-corrected chi connectivity index (χ0v) is 36.1. The van der Waals surface area contributed by atoms with E-state index in [4.69, 9.17) is 0 Å². The lowest BCUT2D eigenvalue weighted by Crippen LogP contribution is -2.00. The van der Waals surface area contributed by atoms with Crippen molar-refractivity contribution in [3.05, 3.63) is 107 Å². The van der Waals surface area contributed by atoms with Crippen molar-refractivity contribution in [3.8, 4) is 33.8 Å². The van der Waals surface area contributed by atoms with Gasteiger partial charge in [0, 0.05) is 0 Å². The minimum Gasteiger partial charge on any atom is -0.508 e. The number of fused-ring (bicyclic) bond motifs is 2. The first-order valence-corrected chi connectivity index (χ1v) is 23.3. The summed E-state index contributed by atoms with van der Waals surface area (Å²) in [6, 6.07) is 31.7. The molecule has 0 aliphatic heterocycles. The summed E-state index contributed by atoms with van der Waals surface area (Å²) in [4.78, 5) is 0. The van der Waals surface area contributed by atoms with Gasteiger partial charge in [0.1, 0.15) is 11.5 Å². The van der Waals surface area contributed by atoms with Crippen LogP contribution in [0.15, 0.2) is 84.9 Å². The monoisotopic (exact) mass is 773 g/mol. The van der Waals surface area contributed by atoms with E-state index in [-0.39, 0.29) is 0 Å². The number of phenols is 2. The van der Waals surface area contributed by atoms with Crippen molar-refractivity contribution in [2.75, 3.05) is 0 Å². The second kappa shape index (κ2) is 19.9. The van der Waals surface area contributed by atoms with Gasteiger partial charge in [0.2, 0.25) is 0 Å². The van der Waals surface area contributed by atoms with Crippen LogP contribution in [-0.2, 0) is 25.7 Å². The summed E-state index contributed by atoms with van der Waals surface area (Å²) in [5, 5.41) is 32.7. The first-order valence-electron chi connectivity index (χ1n) is 23.3. The van der Waals surface area contributed by atoms with E-state index in [0.29, 0.717) is 11.5 Å². The zero-order chi connectivity index (χ0) is 40.4. The number of phenolic OH excluding ortho intramolecular Hbond substituents is 2. The van der Waals surface area contributed by atoms with Gasteiger partial charge < -0.3 is 10.2 Å². The first-order chi connectivity index (χ1) is 28.5. The molecule has 2 N–H and O–H groups in total. The average Bonchev–Trinajstić information content (AvgIpc) is 3.23. The number of aromatic hydroxyl groups is 2. The normalized spacial score (nSPS) is 11.9. The molecule has 304 valence electrons. The molecule has 0 fully saturated rings. The lowest BCUT2D eigenvalue weighted by Gasteiger charge is -2.22. The van der Waals surface area contributed by atoms with E-state index < -0.39 is 0 Å². The van der Waals surface area contributed by atoms with Gasteiger partial charge >= 0.3 is 0 Å². The molecule has 0 spiro atoms. The molecule has 0 heterocycles. The fraction of sp³-hybridized carbons (Fsp3) is 0.429. The Labute approximate surface area is 349 Å². The molecule has 0 aromatic heterocycles. The van der Waals surface area contributed by atoms with Crippen molar-refractivity contribution in [2.45, 2.75) is 156 Å². The minimum atomic E-state index is 0.403. The van der Waals surface area contributed by atoms with Crippen LogP contribution in [0.3, 0.4) is 0 Å². The van der Waals surface area contributed by atoms with E-state index in [1.165, 1.54) is 165 Å². The number of unbranched alkanes of at least 4 members (excludes halogenated alkanes) is 12. The highest BCUT2D eigenvalue weighted by atomic mass is 16.3. The number of rotatable bonds is 22. The topological polar surface area (TPSA) is 40.5 Å². The van der Waals surface area contributed by atoms with E-state index in [0.717, 1.165) is 51.4 Å². The molecule has 7 rings (SSSR count). The lowest BCUT2D eigenvalue weighted by atomic mass is 9.81. The van der Waals surface area contributed by atoms with Gasteiger partial charge in [-0.1, -0.05) is 165 Å². The van der Waals surface area contributed by atoms with Crippen LogP contribution in [0.4, 0.5) is 0 Å². The molecule has 7 aromatic carbocycles. The standard InChI is InChI=1S/C56H68O2/c1-5-9-13-17-23-39-35-43(57)36-40(24-18-14-10-6-2)53(39)49-31-33-51-52-34-32-50(48-30-22-28-46(56(48)52)45-27-21-29-47(49)55(45)51)54-41(25-19-15-11-7-3)37-44(58)38-42(54)26-20-16-12-8-4/h21-22,27-38,57-58H,5-20,23-26H2,1-4H3. The van der Waals surface area contributed by atoms with Crippen LogP contribution in [-0.4, -0.2) is 10.2 Å². The Morgan fingerprint density at radius 3 is 0.931 bits per heavy atom. The van der Waals surface area contributed by atoms with E-state index in [1.807, 2.05) is 0 Å². The maximum atomic E-state index is 11.1. The van der Waals surface area contributed by atoms with Crippen molar-refractivity contribution in [2.24, 2.45) is 0 Å². The molecule has 7 aromatic rings. The molecular formula is C56H68O2. The molecule has 0 atom stereocenters. The van der Waals surface area contributed by atoms with Crippen LogP contribution in [0.5, 0.6) is 11.5 Å². The summed E-state index contributed by atoms with van der Waals surface area (Å²) in [6.45, 7) is 9.10. The van der Waals surface area contributed by atoms with E-state index in [9.17, 15) is 10.2 Å². The van der Waals surface area contributed by atoms with Crippen LogP contribution in [0.25, 0.3) is 65.3 Å². The van der Waals surface area contributed by atoms with Crippen molar-refractivity contribution >= 4 is 43.1 Å². The summed E-state index contributed by atoms with van der Waals surface area (Å²) in [5.41, 5.74) is 10.4. The lowest BCUT2D eigenvalue weighted by molar-refractivity contribution is 0.472. The Bertz CT molecular complexity index is 2180. The third-order valence-corrected chi connectivity index (χ3v) is 13.0. The summed E-state index contributed by atoms with van der Waals surface area (Å²) < 4.78 is 0. The van der Waals surface area contributed by atoms with Crippen LogP contribution in [0.2, 0.25) is 0 Å². The van der Waals surface area contributed by atoms with Crippen molar-refractivity contribution < 1.29 is 10.2 Å². The molecule has 0 amide bonds. The Morgan fingerprint density at radius 2 is 0.621 bits per heavy atom. The smallest absolute Gasteiger partial charge is 0.116 e. The Kier molecular flexibility index (Phi) is 14.3. The van der Waals surface area contributed by atoms with Gasteiger partial charge in [-0.05, 0) is 163 Å². The Balaban J connectivity index is 1.42. The molecule has 2 nitrogen and oxygen atoms in total. The van der Waals surface area contributed by atoms with Crippen LogP contribution < -0.4 is 0 Å². The largest absolute Gasteiger partial charge is 0.508 e. The molecule has 58 heavy (non-hydrogen) atoms.